The standard InChI is InChI=1S/C13H16ClN3O4/c1-16(4-5-21-8-9-2-3-9)13(18)11-6-10(17(19)20)7-15-12(11)14/h6-7,9H,2-5,8H2,1H3. The lowest BCUT2D eigenvalue weighted by Gasteiger charge is -2.17. The molecule has 7 nitrogen and oxygen atoms in total. The van der Waals surface area contributed by atoms with Gasteiger partial charge in [0.15, 0.2) is 0 Å². The highest BCUT2D eigenvalue weighted by atomic mass is 35.5. The van der Waals surface area contributed by atoms with E-state index in [4.69, 9.17) is 16.3 Å². The van der Waals surface area contributed by atoms with E-state index in [1.807, 2.05) is 0 Å². The van der Waals surface area contributed by atoms with E-state index in [-0.39, 0.29) is 16.4 Å². The molecule has 1 aliphatic carbocycles. The first-order chi connectivity index (χ1) is 9.99. The van der Waals surface area contributed by atoms with Crippen LogP contribution in [-0.4, -0.2) is 47.5 Å². The number of nitro groups is 1. The van der Waals surface area contributed by atoms with Crippen LogP contribution in [0.2, 0.25) is 5.15 Å². The van der Waals surface area contributed by atoms with Gasteiger partial charge in [0.2, 0.25) is 0 Å². The Hall–Kier alpha value is -1.73. The number of likely N-dealkylation sites (N-methyl/N-ethyl adjacent to an activating group) is 1. The summed E-state index contributed by atoms with van der Waals surface area (Å²) in [4.78, 5) is 27.4. The molecule has 1 aromatic rings. The van der Waals surface area contributed by atoms with Crippen molar-refractivity contribution in [1.82, 2.24) is 9.88 Å². The van der Waals surface area contributed by atoms with Gasteiger partial charge in [-0.15, -0.1) is 0 Å². The maximum absolute atomic E-state index is 12.2. The molecule has 0 N–H and O–H groups in total. The van der Waals surface area contributed by atoms with E-state index >= 15 is 0 Å². The minimum Gasteiger partial charge on any atom is -0.379 e. The predicted molar refractivity (Wildman–Crippen MR) is 76.4 cm³/mol. The normalized spacial score (nSPS) is 14.0. The van der Waals surface area contributed by atoms with Crippen LogP contribution in [0.4, 0.5) is 5.69 Å². The molecule has 0 saturated heterocycles. The molecule has 1 aliphatic rings. The molecular weight excluding hydrogens is 298 g/mol. The molecule has 0 unspecified atom stereocenters. The number of amides is 1. The summed E-state index contributed by atoms with van der Waals surface area (Å²) in [5.74, 6) is 0.257. The van der Waals surface area contributed by atoms with E-state index in [0.717, 1.165) is 18.9 Å². The molecule has 1 fully saturated rings. The fraction of sp³-hybridized carbons (Fsp3) is 0.538. The summed E-state index contributed by atoms with van der Waals surface area (Å²) in [5, 5.41) is 10.7. The smallest absolute Gasteiger partial charge is 0.288 e. The molecule has 2 rings (SSSR count). The van der Waals surface area contributed by atoms with Gasteiger partial charge in [-0.1, -0.05) is 11.6 Å². The summed E-state index contributed by atoms with van der Waals surface area (Å²) in [6.45, 7) is 1.55. The first kappa shape index (κ1) is 15.7. The van der Waals surface area contributed by atoms with Gasteiger partial charge in [-0.05, 0) is 18.8 Å². The molecule has 0 aromatic carbocycles. The van der Waals surface area contributed by atoms with Crippen LogP contribution < -0.4 is 0 Å². The van der Waals surface area contributed by atoms with E-state index in [1.54, 1.807) is 7.05 Å². The summed E-state index contributed by atoms with van der Waals surface area (Å²) >= 11 is 5.84. The highest BCUT2D eigenvalue weighted by Gasteiger charge is 2.22. The van der Waals surface area contributed by atoms with Crippen molar-refractivity contribution in [2.75, 3.05) is 26.8 Å². The van der Waals surface area contributed by atoms with Crippen LogP contribution in [0.3, 0.4) is 0 Å². The number of nitrogens with zero attached hydrogens (tertiary/aromatic N) is 3. The van der Waals surface area contributed by atoms with Gasteiger partial charge < -0.3 is 9.64 Å². The number of aromatic nitrogens is 1. The van der Waals surface area contributed by atoms with Gasteiger partial charge in [0, 0.05) is 26.3 Å². The van der Waals surface area contributed by atoms with Crippen LogP contribution >= 0.6 is 11.6 Å². The molecule has 0 spiro atoms. The fourth-order valence-corrected chi connectivity index (χ4v) is 1.91. The third-order valence-corrected chi connectivity index (χ3v) is 3.54. The lowest BCUT2D eigenvalue weighted by Crippen LogP contribution is -2.30. The largest absolute Gasteiger partial charge is 0.379 e. The van der Waals surface area contributed by atoms with Crippen molar-refractivity contribution in [2.45, 2.75) is 12.8 Å². The summed E-state index contributed by atoms with van der Waals surface area (Å²) in [5.41, 5.74) is -0.239. The number of ether oxygens (including phenoxy) is 1. The Balaban J connectivity index is 1.93. The van der Waals surface area contributed by atoms with Crippen molar-refractivity contribution in [1.29, 1.82) is 0 Å². The second-order valence-electron chi connectivity index (χ2n) is 5.03. The fourth-order valence-electron chi connectivity index (χ4n) is 1.73. The lowest BCUT2D eigenvalue weighted by molar-refractivity contribution is -0.385. The van der Waals surface area contributed by atoms with Crippen molar-refractivity contribution in [3.8, 4) is 0 Å². The van der Waals surface area contributed by atoms with Gasteiger partial charge in [0.05, 0.1) is 17.1 Å². The van der Waals surface area contributed by atoms with Gasteiger partial charge in [0.1, 0.15) is 11.3 Å². The molecule has 0 aliphatic heterocycles. The number of rotatable bonds is 7. The maximum atomic E-state index is 12.2. The van der Waals surface area contributed by atoms with E-state index in [1.165, 1.54) is 17.7 Å². The van der Waals surface area contributed by atoms with Gasteiger partial charge in [-0.2, -0.15) is 0 Å². The van der Waals surface area contributed by atoms with E-state index in [0.29, 0.717) is 19.1 Å². The summed E-state index contributed by atoms with van der Waals surface area (Å²) in [7, 11) is 1.60. The average Bonchev–Trinajstić information content (AvgIpc) is 3.27. The van der Waals surface area contributed by atoms with Gasteiger partial charge >= 0.3 is 0 Å². The maximum Gasteiger partial charge on any atom is 0.288 e. The molecule has 1 amide bonds. The minimum absolute atomic E-state index is 0.0237. The highest BCUT2D eigenvalue weighted by molar-refractivity contribution is 6.32. The molecule has 8 heteroatoms. The highest BCUT2D eigenvalue weighted by Crippen LogP contribution is 2.28. The number of hydrogen-bond donors (Lipinski definition) is 0. The lowest BCUT2D eigenvalue weighted by atomic mass is 10.2. The molecule has 1 aromatic heterocycles. The second-order valence-corrected chi connectivity index (χ2v) is 5.39. The summed E-state index contributed by atoms with van der Waals surface area (Å²) in [6, 6.07) is 1.14. The Morgan fingerprint density at radius 2 is 2.33 bits per heavy atom. The van der Waals surface area contributed by atoms with Gasteiger partial charge in [-0.3, -0.25) is 14.9 Å². The van der Waals surface area contributed by atoms with Crippen LogP contribution in [0.5, 0.6) is 0 Å². The molecular formula is C13H16ClN3O4. The van der Waals surface area contributed by atoms with E-state index in [2.05, 4.69) is 4.98 Å². The zero-order valence-corrected chi connectivity index (χ0v) is 12.4. The zero-order valence-electron chi connectivity index (χ0n) is 11.6. The zero-order chi connectivity index (χ0) is 15.4. The van der Waals surface area contributed by atoms with E-state index in [9.17, 15) is 14.9 Å². The molecule has 0 bridgehead atoms. The minimum atomic E-state index is -0.612. The van der Waals surface area contributed by atoms with Gasteiger partial charge in [-0.25, -0.2) is 4.98 Å². The monoisotopic (exact) mass is 313 g/mol. The van der Waals surface area contributed by atoms with Crippen LogP contribution in [-0.2, 0) is 4.74 Å². The van der Waals surface area contributed by atoms with Crippen molar-refractivity contribution in [2.24, 2.45) is 5.92 Å². The van der Waals surface area contributed by atoms with E-state index < -0.39 is 10.8 Å². The molecule has 114 valence electrons. The topological polar surface area (TPSA) is 85.6 Å². The Morgan fingerprint density at radius 1 is 1.62 bits per heavy atom. The SMILES string of the molecule is CN(CCOCC1CC1)C(=O)c1cc([N+](=O)[O-])cnc1Cl. The van der Waals surface area contributed by atoms with Crippen LogP contribution in [0, 0.1) is 16.0 Å². The molecule has 0 radical (unpaired) electrons. The number of hydrogen-bond acceptors (Lipinski definition) is 5. The Kier molecular flexibility index (Phi) is 5.08. The first-order valence-corrected chi connectivity index (χ1v) is 7.00. The molecule has 21 heavy (non-hydrogen) atoms. The van der Waals surface area contributed by atoms with Crippen molar-refractivity contribution >= 4 is 23.2 Å². The summed E-state index contributed by atoms with van der Waals surface area (Å²) < 4.78 is 5.46. The van der Waals surface area contributed by atoms with Crippen molar-refractivity contribution in [3.63, 3.8) is 0 Å². The number of carbonyl (C=O) groups is 1. The molecule has 0 atom stereocenters. The quantitative estimate of drug-likeness (QED) is 0.333. The second kappa shape index (κ2) is 6.82. The first-order valence-electron chi connectivity index (χ1n) is 6.62. The average molecular weight is 314 g/mol. The van der Waals surface area contributed by atoms with Gasteiger partial charge in [0.25, 0.3) is 11.6 Å². The number of pyridine rings is 1. The predicted octanol–water partition coefficient (Wildman–Crippen LogP) is 2.14. The Bertz CT molecular complexity index is 548. The Labute approximate surface area is 127 Å². The van der Waals surface area contributed by atoms with Crippen LogP contribution in [0.25, 0.3) is 0 Å². The summed E-state index contributed by atoms with van der Waals surface area (Å²) in [6.07, 6.45) is 3.45. The van der Waals surface area contributed by atoms with Crippen LogP contribution in [0.15, 0.2) is 12.3 Å². The number of halogens is 1. The molecule has 1 heterocycles. The van der Waals surface area contributed by atoms with Crippen LogP contribution in [0.1, 0.15) is 23.2 Å². The molecule has 1 saturated carbocycles. The number of carbonyl (C=O) groups excluding carboxylic acids is 1. The Morgan fingerprint density at radius 3 is 2.95 bits per heavy atom. The van der Waals surface area contributed by atoms with Crippen molar-refractivity contribution < 1.29 is 14.5 Å². The third-order valence-electron chi connectivity index (χ3n) is 3.23. The third kappa shape index (κ3) is 4.37. The van der Waals surface area contributed by atoms with Crippen molar-refractivity contribution in [3.05, 3.63) is 33.1 Å².